The van der Waals surface area contributed by atoms with Gasteiger partial charge < -0.3 is 34.3 Å². The lowest BCUT2D eigenvalue weighted by Crippen LogP contribution is -2.31. The van der Waals surface area contributed by atoms with Gasteiger partial charge in [0.2, 0.25) is 0 Å². The van der Waals surface area contributed by atoms with E-state index in [0.717, 1.165) is 12.0 Å². The van der Waals surface area contributed by atoms with E-state index in [-0.39, 0.29) is 25.2 Å². The third-order valence-corrected chi connectivity index (χ3v) is 8.33. The second kappa shape index (κ2) is 17.2. The summed E-state index contributed by atoms with van der Waals surface area (Å²) in [5.74, 6) is 0.634. The number of hydrogen-bond acceptors (Lipinski definition) is 8. The van der Waals surface area contributed by atoms with Crippen molar-refractivity contribution in [1.82, 2.24) is 0 Å². The third kappa shape index (κ3) is 11.1. The van der Waals surface area contributed by atoms with Crippen molar-refractivity contribution in [2.45, 2.75) is 84.8 Å². The zero-order valence-corrected chi connectivity index (χ0v) is 28.1. The van der Waals surface area contributed by atoms with Crippen molar-refractivity contribution in [3.05, 3.63) is 59.9 Å². The smallest absolute Gasteiger partial charge is 0.339 e. The van der Waals surface area contributed by atoms with Gasteiger partial charge in [0, 0.05) is 33.2 Å². The maximum absolute atomic E-state index is 12.8. The lowest BCUT2D eigenvalue weighted by molar-refractivity contribution is -0.141. The monoisotopic (exact) mass is 796 g/mol. The van der Waals surface area contributed by atoms with Crippen molar-refractivity contribution >= 4 is 56.7 Å². The topological polar surface area (TPSA) is 115 Å². The van der Waals surface area contributed by atoms with Gasteiger partial charge >= 0.3 is 5.97 Å². The van der Waals surface area contributed by atoms with Gasteiger partial charge in [-0.2, -0.15) is 0 Å². The number of aliphatic hydroxyl groups excluding tert-OH is 3. The van der Waals surface area contributed by atoms with Crippen LogP contribution < -0.4 is 4.74 Å². The predicted octanol–water partition coefficient (Wildman–Crippen LogP) is 5.16. The maximum atomic E-state index is 12.8. The van der Waals surface area contributed by atoms with Crippen molar-refractivity contribution in [3.8, 4) is 5.75 Å². The second-order valence-electron chi connectivity index (χ2n) is 10.5. The van der Waals surface area contributed by atoms with E-state index in [2.05, 4.69) is 59.0 Å². The molecule has 0 spiro atoms. The van der Waals surface area contributed by atoms with Crippen molar-refractivity contribution in [3.63, 3.8) is 0 Å². The molecular formula is C31H42I2O8. The van der Waals surface area contributed by atoms with Crippen molar-refractivity contribution < 1.29 is 39.1 Å². The number of alkyl halides is 2. The summed E-state index contributed by atoms with van der Waals surface area (Å²) in [6.45, 7) is 6.99. The quantitative estimate of drug-likeness (QED) is 0.113. The van der Waals surface area contributed by atoms with Crippen LogP contribution in [0.15, 0.2) is 54.3 Å². The largest absolute Gasteiger partial charge is 0.493 e. The molecule has 228 valence electrons. The Balaban J connectivity index is 1.47. The maximum Gasteiger partial charge on any atom is 0.339 e. The molecule has 0 bridgehead atoms. The first-order valence-corrected chi connectivity index (χ1v) is 16.7. The minimum absolute atomic E-state index is 0.122. The van der Waals surface area contributed by atoms with E-state index in [4.69, 9.17) is 18.9 Å². The summed E-state index contributed by atoms with van der Waals surface area (Å²) in [4.78, 5) is 12.8. The highest BCUT2D eigenvalue weighted by Gasteiger charge is 2.32. The number of esters is 1. The molecule has 0 amide bonds. The van der Waals surface area contributed by atoms with Gasteiger partial charge in [-0.05, 0) is 42.7 Å². The Morgan fingerprint density at radius 3 is 2.37 bits per heavy atom. The van der Waals surface area contributed by atoms with Crippen LogP contribution in [0.25, 0.3) is 5.57 Å². The molecule has 0 fully saturated rings. The highest BCUT2D eigenvalue weighted by molar-refractivity contribution is 14.1. The molecule has 1 heterocycles. The molecule has 0 aromatic heterocycles. The number of allylic oxidation sites excluding steroid dienone is 1. The van der Waals surface area contributed by atoms with Gasteiger partial charge in [0.05, 0.1) is 36.6 Å². The van der Waals surface area contributed by atoms with Gasteiger partial charge in [0.25, 0.3) is 0 Å². The Bertz CT molecular complexity index is 1050. The summed E-state index contributed by atoms with van der Waals surface area (Å²) >= 11 is 4.79. The number of carbonyl (C=O) groups excluding carboxylic acids is 1. The molecule has 1 aliphatic carbocycles. The first-order chi connectivity index (χ1) is 19.6. The van der Waals surface area contributed by atoms with Crippen LogP contribution in [0.5, 0.6) is 5.75 Å². The van der Waals surface area contributed by atoms with Crippen LogP contribution in [-0.2, 0) is 19.0 Å². The molecule has 0 saturated carbocycles. The number of rotatable bonds is 17. The average molecular weight is 796 g/mol. The zero-order valence-electron chi connectivity index (χ0n) is 23.8. The summed E-state index contributed by atoms with van der Waals surface area (Å²) in [7, 11) is 0. The number of ether oxygens (including phenoxy) is 4. The summed E-state index contributed by atoms with van der Waals surface area (Å²) in [6, 6.07) is 7.13. The van der Waals surface area contributed by atoms with E-state index in [1.807, 2.05) is 25.2 Å². The van der Waals surface area contributed by atoms with Gasteiger partial charge in [-0.25, -0.2) is 4.79 Å². The van der Waals surface area contributed by atoms with Crippen LogP contribution in [0, 0.1) is 5.92 Å². The molecule has 8 atom stereocenters. The Kier molecular flexibility index (Phi) is 14.4. The number of halogens is 2. The lowest BCUT2D eigenvalue weighted by atomic mass is 9.90. The number of fused-ring (bicyclic) bond motifs is 1. The summed E-state index contributed by atoms with van der Waals surface area (Å²) < 4.78 is 24.1. The zero-order chi connectivity index (χ0) is 29.9. The fraction of sp³-hybridized carbons (Fsp3) is 0.581. The lowest BCUT2D eigenvalue weighted by Gasteiger charge is -2.29. The van der Waals surface area contributed by atoms with Gasteiger partial charge in [0.1, 0.15) is 24.2 Å². The molecule has 2 aliphatic rings. The summed E-state index contributed by atoms with van der Waals surface area (Å²) in [6.07, 6.45) is 7.16. The molecule has 1 aromatic carbocycles. The van der Waals surface area contributed by atoms with Crippen molar-refractivity contribution in [2.24, 2.45) is 5.92 Å². The first-order valence-electron chi connectivity index (χ1n) is 14.2. The van der Waals surface area contributed by atoms with E-state index < -0.39 is 30.4 Å². The highest BCUT2D eigenvalue weighted by atomic mass is 127. The second-order valence-corrected chi connectivity index (χ2v) is 14.6. The van der Waals surface area contributed by atoms with E-state index >= 15 is 0 Å². The van der Waals surface area contributed by atoms with Gasteiger partial charge in [-0.15, -0.1) is 0 Å². The minimum atomic E-state index is -0.820. The average Bonchev–Trinajstić information content (AvgIpc) is 2.94. The Labute approximate surface area is 270 Å². The van der Waals surface area contributed by atoms with E-state index in [1.165, 1.54) is 0 Å². The summed E-state index contributed by atoms with van der Waals surface area (Å²) in [5, 5.41) is 29.9. The Morgan fingerprint density at radius 1 is 0.976 bits per heavy atom. The van der Waals surface area contributed by atoms with Crippen LogP contribution in [0.3, 0.4) is 0 Å². The number of hydrogen-bond donors (Lipinski definition) is 3. The molecular weight excluding hydrogens is 754 g/mol. The third-order valence-electron chi connectivity index (χ3n) is 7.02. The van der Waals surface area contributed by atoms with E-state index in [0.29, 0.717) is 50.8 Å². The highest BCUT2D eigenvalue weighted by Crippen LogP contribution is 2.32. The number of benzene rings is 1. The Hall–Kier alpha value is -1.19. The normalized spacial score (nSPS) is 22.8. The van der Waals surface area contributed by atoms with Crippen LogP contribution in [0.1, 0.15) is 52.0 Å². The molecule has 10 heteroatoms. The van der Waals surface area contributed by atoms with Crippen molar-refractivity contribution in [2.75, 3.05) is 19.8 Å². The minimum Gasteiger partial charge on any atom is -0.493 e. The number of aliphatic hydroxyl groups is 3. The fourth-order valence-electron chi connectivity index (χ4n) is 4.50. The molecule has 8 unspecified atom stereocenters. The van der Waals surface area contributed by atoms with Gasteiger partial charge in [-0.1, -0.05) is 90.2 Å². The summed E-state index contributed by atoms with van der Waals surface area (Å²) in [5.41, 5.74) is 1.20. The van der Waals surface area contributed by atoms with Crippen LogP contribution >= 0.6 is 45.2 Å². The fourth-order valence-corrected chi connectivity index (χ4v) is 5.50. The molecule has 0 saturated heterocycles. The molecule has 41 heavy (non-hydrogen) atoms. The van der Waals surface area contributed by atoms with E-state index in [1.54, 1.807) is 30.3 Å². The van der Waals surface area contributed by atoms with E-state index in [9.17, 15) is 20.1 Å². The van der Waals surface area contributed by atoms with Crippen molar-refractivity contribution in [1.29, 1.82) is 0 Å². The molecule has 3 rings (SSSR count). The Morgan fingerprint density at radius 2 is 1.71 bits per heavy atom. The van der Waals surface area contributed by atoms with Crippen LogP contribution in [0.2, 0.25) is 0 Å². The predicted molar refractivity (Wildman–Crippen MR) is 175 cm³/mol. The van der Waals surface area contributed by atoms with Crippen LogP contribution in [0.4, 0.5) is 0 Å². The molecule has 1 aliphatic heterocycles. The molecule has 1 aromatic rings. The first kappa shape index (κ1) is 34.3. The molecule has 0 radical (unpaired) electrons. The van der Waals surface area contributed by atoms with Gasteiger partial charge in [-0.3, -0.25) is 0 Å². The molecule has 8 nitrogen and oxygen atoms in total. The van der Waals surface area contributed by atoms with Crippen LogP contribution in [-0.4, -0.2) is 79.5 Å². The number of carbonyl (C=O) groups is 1. The SMILES string of the molecule is CCC(O)C(O)CCOc1ccc(C2=CC3C=CC(OCC(O)CCOC(CC(C)I)C(C)I)=CC3OC2=O)cc1. The standard InChI is InChI=1S/C31H42I2O8/c1-4-27(35)28(36)12-14-38-24-8-5-21(6-9-24)26-16-22-7-10-25(17-30(22)41-31(26)37)40-18-23(34)11-13-39-29(20(3)33)15-19(2)32/h5-10,16-17,19-20,22-23,27-30,34-36H,4,11-15,18H2,1-3H3. The van der Waals surface area contributed by atoms with Gasteiger partial charge in [0.15, 0.2) is 0 Å². The molecule has 3 N–H and O–H groups in total.